The first-order valence-electron chi connectivity index (χ1n) is 5.83. The number of nitrogens with one attached hydrogen (secondary N) is 1. The molecule has 6 heteroatoms. The molecule has 0 aromatic heterocycles. The fourth-order valence-corrected chi connectivity index (χ4v) is 3.29. The van der Waals surface area contributed by atoms with E-state index in [1.807, 2.05) is 7.05 Å². The molecule has 1 heterocycles. The van der Waals surface area contributed by atoms with Gasteiger partial charge < -0.3 is 10.0 Å². The lowest BCUT2D eigenvalue weighted by atomic mass is 10.1. The molecule has 0 atom stereocenters. The highest BCUT2D eigenvalue weighted by atomic mass is 32.2. The minimum atomic E-state index is -3.15. The molecular weight excluding hydrogens is 228 g/mol. The zero-order valence-electron chi connectivity index (χ0n) is 9.85. The fourth-order valence-electron chi connectivity index (χ4n) is 1.84. The van der Waals surface area contributed by atoms with Crippen molar-refractivity contribution in [3.63, 3.8) is 0 Å². The summed E-state index contributed by atoms with van der Waals surface area (Å²) < 4.78 is 26.0. The van der Waals surface area contributed by atoms with Gasteiger partial charge in [0.1, 0.15) is 0 Å². The second-order valence-electron chi connectivity index (χ2n) is 4.44. The number of hydrogen-bond donors (Lipinski definition) is 2. The van der Waals surface area contributed by atoms with Crippen molar-refractivity contribution in [3.05, 3.63) is 0 Å². The van der Waals surface area contributed by atoms with Crippen LogP contribution in [0.3, 0.4) is 0 Å². The van der Waals surface area contributed by atoms with Crippen LogP contribution in [0.2, 0.25) is 0 Å². The van der Waals surface area contributed by atoms with Gasteiger partial charge in [0.2, 0.25) is 10.0 Å². The summed E-state index contributed by atoms with van der Waals surface area (Å²) in [5, 5.41) is 8.59. The van der Waals surface area contributed by atoms with Gasteiger partial charge in [-0.1, -0.05) is 0 Å². The summed E-state index contributed by atoms with van der Waals surface area (Å²) in [7, 11) is -1.10. The Hall–Kier alpha value is -0.170. The van der Waals surface area contributed by atoms with Crippen molar-refractivity contribution >= 4 is 10.0 Å². The maximum absolute atomic E-state index is 11.6. The van der Waals surface area contributed by atoms with Gasteiger partial charge in [-0.2, -0.15) is 0 Å². The molecule has 0 saturated carbocycles. The molecule has 1 saturated heterocycles. The molecule has 0 amide bonds. The minimum Gasteiger partial charge on any atom is -0.396 e. The Balaban J connectivity index is 2.29. The number of unbranched alkanes of at least 4 members (excludes halogenated alkanes) is 1. The van der Waals surface area contributed by atoms with Crippen LogP contribution in [0.5, 0.6) is 0 Å². The lowest BCUT2D eigenvalue weighted by Crippen LogP contribution is -2.44. The summed E-state index contributed by atoms with van der Waals surface area (Å²) in [6, 6.07) is 0.0929. The lowest BCUT2D eigenvalue weighted by molar-refractivity contribution is 0.248. The van der Waals surface area contributed by atoms with Gasteiger partial charge in [-0.25, -0.2) is 13.1 Å². The maximum atomic E-state index is 11.6. The topological polar surface area (TPSA) is 69.6 Å². The number of sulfonamides is 1. The third-order valence-electron chi connectivity index (χ3n) is 2.89. The molecule has 0 bridgehead atoms. The predicted octanol–water partition coefficient (Wildman–Crippen LogP) is -0.227. The zero-order valence-corrected chi connectivity index (χ0v) is 10.7. The van der Waals surface area contributed by atoms with E-state index in [1.54, 1.807) is 0 Å². The largest absolute Gasteiger partial charge is 0.396 e. The molecule has 0 aromatic carbocycles. The van der Waals surface area contributed by atoms with Crippen LogP contribution in [0, 0.1) is 0 Å². The van der Waals surface area contributed by atoms with Gasteiger partial charge in [-0.3, -0.25) is 0 Å². The Morgan fingerprint density at radius 1 is 1.31 bits per heavy atom. The molecule has 0 spiro atoms. The number of rotatable bonds is 6. The summed E-state index contributed by atoms with van der Waals surface area (Å²) in [6.45, 7) is 1.96. The van der Waals surface area contributed by atoms with Crippen LogP contribution < -0.4 is 4.72 Å². The van der Waals surface area contributed by atoms with Crippen LogP contribution >= 0.6 is 0 Å². The number of hydrogen-bond acceptors (Lipinski definition) is 4. The predicted molar refractivity (Wildman–Crippen MR) is 63.8 cm³/mol. The molecule has 5 nitrogen and oxygen atoms in total. The fraction of sp³-hybridized carbons (Fsp3) is 1.00. The summed E-state index contributed by atoms with van der Waals surface area (Å²) >= 11 is 0. The zero-order chi connectivity index (χ0) is 12.0. The van der Waals surface area contributed by atoms with Gasteiger partial charge in [-0.05, 0) is 45.8 Å². The molecule has 1 fully saturated rings. The highest BCUT2D eigenvalue weighted by molar-refractivity contribution is 7.89. The van der Waals surface area contributed by atoms with Crippen molar-refractivity contribution in [1.29, 1.82) is 0 Å². The standard InChI is InChI=1S/C10H22N2O3S/c1-12-6-4-10(5-7-12)11-16(14,15)9-3-2-8-13/h10-11,13H,2-9H2,1H3. The summed E-state index contributed by atoms with van der Waals surface area (Å²) in [4.78, 5) is 2.20. The van der Waals surface area contributed by atoms with Gasteiger partial charge in [-0.15, -0.1) is 0 Å². The van der Waals surface area contributed by atoms with Crippen molar-refractivity contribution in [2.75, 3.05) is 32.5 Å². The highest BCUT2D eigenvalue weighted by Gasteiger charge is 2.21. The first kappa shape index (κ1) is 13.9. The minimum absolute atomic E-state index is 0.0593. The molecule has 1 rings (SSSR count). The van der Waals surface area contributed by atoms with E-state index < -0.39 is 10.0 Å². The first-order valence-corrected chi connectivity index (χ1v) is 7.48. The molecule has 0 radical (unpaired) electrons. The van der Waals surface area contributed by atoms with Crippen LogP contribution in [-0.4, -0.2) is 57.0 Å². The third kappa shape index (κ3) is 5.25. The van der Waals surface area contributed by atoms with Crippen LogP contribution in [0.4, 0.5) is 0 Å². The second kappa shape index (κ2) is 6.54. The monoisotopic (exact) mass is 250 g/mol. The summed E-state index contributed by atoms with van der Waals surface area (Å²) in [6.07, 6.45) is 2.85. The molecule has 1 aliphatic heterocycles. The summed E-state index contributed by atoms with van der Waals surface area (Å²) in [5.41, 5.74) is 0. The Kier molecular flexibility index (Phi) is 5.68. The molecule has 0 aliphatic carbocycles. The van der Waals surface area contributed by atoms with Crippen molar-refractivity contribution in [1.82, 2.24) is 9.62 Å². The molecular formula is C10H22N2O3S. The third-order valence-corrected chi connectivity index (χ3v) is 4.40. The van der Waals surface area contributed by atoms with E-state index in [0.29, 0.717) is 12.8 Å². The van der Waals surface area contributed by atoms with E-state index in [-0.39, 0.29) is 18.4 Å². The molecule has 0 aromatic rings. The van der Waals surface area contributed by atoms with E-state index in [9.17, 15) is 8.42 Å². The molecule has 0 unspecified atom stereocenters. The molecule has 16 heavy (non-hydrogen) atoms. The van der Waals surface area contributed by atoms with Crippen LogP contribution in [0.25, 0.3) is 0 Å². The molecule has 1 aliphatic rings. The van der Waals surface area contributed by atoms with E-state index in [2.05, 4.69) is 9.62 Å². The van der Waals surface area contributed by atoms with Gasteiger partial charge in [0.25, 0.3) is 0 Å². The quantitative estimate of drug-likeness (QED) is 0.639. The number of aliphatic hydroxyl groups is 1. The number of likely N-dealkylation sites (tertiary alicyclic amines) is 1. The maximum Gasteiger partial charge on any atom is 0.211 e. The Morgan fingerprint density at radius 2 is 1.94 bits per heavy atom. The van der Waals surface area contributed by atoms with Crippen LogP contribution in [0.15, 0.2) is 0 Å². The van der Waals surface area contributed by atoms with Crippen molar-refractivity contribution in [2.45, 2.75) is 31.7 Å². The second-order valence-corrected chi connectivity index (χ2v) is 6.32. The first-order chi connectivity index (χ1) is 7.53. The highest BCUT2D eigenvalue weighted by Crippen LogP contribution is 2.09. The molecule has 96 valence electrons. The van der Waals surface area contributed by atoms with E-state index >= 15 is 0 Å². The van der Waals surface area contributed by atoms with E-state index in [0.717, 1.165) is 25.9 Å². The Morgan fingerprint density at radius 3 is 2.50 bits per heavy atom. The number of aliphatic hydroxyl groups excluding tert-OH is 1. The average molecular weight is 250 g/mol. The average Bonchev–Trinajstić information content (AvgIpc) is 2.21. The van der Waals surface area contributed by atoms with Crippen LogP contribution in [-0.2, 0) is 10.0 Å². The van der Waals surface area contributed by atoms with E-state index in [4.69, 9.17) is 5.11 Å². The summed E-state index contributed by atoms with van der Waals surface area (Å²) in [5.74, 6) is 0.125. The van der Waals surface area contributed by atoms with Gasteiger partial charge in [0.15, 0.2) is 0 Å². The lowest BCUT2D eigenvalue weighted by Gasteiger charge is -2.29. The van der Waals surface area contributed by atoms with Gasteiger partial charge >= 0.3 is 0 Å². The SMILES string of the molecule is CN1CCC(NS(=O)(=O)CCCCO)CC1. The Labute approximate surface area is 97.9 Å². The Bertz CT molecular complexity index is 284. The van der Waals surface area contributed by atoms with Crippen molar-refractivity contribution < 1.29 is 13.5 Å². The number of piperidine rings is 1. The van der Waals surface area contributed by atoms with Gasteiger partial charge in [0, 0.05) is 12.6 Å². The van der Waals surface area contributed by atoms with Crippen molar-refractivity contribution in [2.24, 2.45) is 0 Å². The smallest absolute Gasteiger partial charge is 0.211 e. The number of nitrogens with zero attached hydrogens (tertiary/aromatic N) is 1. The van der Waals surface area contributed by atoms with Gasteiger partial charge in [0.05, 0.1) is 5.75 Å². The molecule has 2 N–H and O–H groups in total. The van der Waals surface area contributed by atoms with Crippen molar-refractivity contribution in [3.8, 4) is 0 Å². The van der Waals surface area contributed by atoms with E-state index in [1.165, 1.54) is 0 Å². The van der Waals surface area contributed by atoms with Crippen LogP contribution in [0.1, 0.15) is 25.7 Å². The normalized spacial score (nSPS) is 20.1.